The van der Waals surface area contributed by atoms with Gasteiger partial charge in [0.05, 0.1) is 6.61 Å². The standard InChI is InChI=1S/C6H13NO3/c1-5(2)6(3)4-10-7(8)9/h5-6H,4H2,1-3H3. The highest BCUT2D eigenvalue weighted by Crippen LogP contribution is 2.08. The van der Waals surface area contributed by atoms with Crippen LogP contribution in [-0.4, -0.2) is 11.7 Å². The van der Waals surface area contributed by atoms with Gasteiger partial charge in [-0.1, -0.05) is 20.8 Å². The molecule has 1 atom stereocenters. The van der Waals surface area contributed by atoms with Crippen LogP contribution in [0.2, 0.25) is 0 Å². The molecule has 0 N–H and O–H groups in total. The second-order valence-electron chi connectivity index (χ2n) is 2.74. The third-order valence-corrected chi connectivity index (χ3v) is 1.58. The van der Waals surface area contributed by atoms with Gasteiger partial charge in [0.2, 0.25) is 0 Å². The molecule has 0 heterocycles. The van der Waals surface area contributed by atoms with Crippen LogP contribution in [0.5, 0.6) is 0 Å². The van der Waals surface area contributed by atoms with Gasteiger partial charge in [-0.2, -0.15) is 0 Å². The Labute approximate surface area is 60.3 Å². The molecule has 0 aromatic carbocycles. The summed E-state index contributed by atoms with van der Waals surface area (Å²) in [5, 5.41) is 8.96. The van der Waals surface area contributed by atoms with Crippen LogP contribution in [0.1, 0.15) is 20.8 Å². The molecule has 10 heavy (non-hydrogen) atoms. The van der Waals surface area contributed by atoms with Crippen LogP contribution < -0.4 is 0 Å². The van der Waals surface area contributed by atoms with Gasteiger partial charge in [-0.15, -0.1) is 10.1 Å². The molecule has 1 unspecified atom stereocenters. The van der Waals surface area contributed by atoms with Gasteiger partial charge >= 0.3 is 0 Å². The number of rotatable bonds is 4. The number of nitrogens with zero attached hydrogens (tertiary/aromatic N) is 1. The summed E-state index contributed by atoms with van der Waals surface area (Å²) in [6.07, 6.45) is 0. The molecule has 0 aromatic heterocycles. The summed E-state index contributed by atoms with van der Waals surface area (Å²) in [6, 6.07) is 0. The van der Waals surface area contributed by atoms with Crippen molar-refractivity contribution in [2.45, 2.75) is 20.8 Å². The number of hydrogen-bond acceptors (Lipinski definition) is 3. The summed E-state index contributed by atoms with van der Waals surface area (Å²) >= 11 is 0. The monoisotopic (exact) mass is 147 g/mol. The molecule has 0 saturated carbocycles. The van der Waals surface area contributed by atoms with Gasteiger partial charge in [0, 0.05) is 0 Å². The fourth-order valence-electron chi connectivity index (χ4n) is 0.371. The molecule has 4 nitrogen and oxygen atoms in total. The van der Waals surface area contributed by atoms with E-state index in [1.54, 1.807) is 0 Å². The van der Waals surface area contributed by atoms with E-state index in [2.05, 4.69) is 4.84 Å². The van der Waals surface area contributed by atoms with Gasteiger partial charge in [-0.25, -0.2) is 0 Å². The largest absolute Gasteiger partial charge is 0.314 e. The lowest BCUT2D eigenvalue weighted by atomic mass is 10.00. The van der Waals surface area contributed by atoms with Crippen molar-refractivity contribution in [3.05, 3.63) is 10.1 Å². The average Bonchev–Trinajstić information content (AvgIpc) is 1.82. The van der Waals surface area contributed by atoms with E-state index < -0.39 is 5.09 Å². The molecule has 0 fully saturated rings. The maximum atomic E-state index is 9.71. The summed E-state index contributed by atoms with van der Waals surface area (Å²) in [5.41, 5.74) is 0. The first kappa shape index (κ1) is 9.20. The van der Waals surface area contributed by atoms with Crippen LogP contribution in [0.25, 0.3) is 0 Å². The van der Waals surface area contributed by atoms with E-state index in [9.17, 15) is 10.1 Å². The Bertz CT molecular complexity index is 114. The highest BCUT2D eigenvalue weighted by molar-refractivity contribution is 4.53. The zero-order valence-electron chi connectivity index (χ0n) is 6.53. The van der Waals surface area contributed by atoms with Crippen molar-refractivity contribution in [3.8, 4) is 0 Å². The van der Waals surface area contributed by atoms with Crippen molar-refractivity contribution in [2.75, 3.05) is 6.61 Å². The van der Waals surface area contributed by atoms with E-state index >= 15 is 0 Å². The van der Waals surface area contributed by atoms with Gasteiger partial charge in [-0.3, -0.25) is 0 Å². The molecule has 0 aliphatic heterocycles. The topological polar surface area (TPSA) is 52.4 Å². The Kier molecular flexibility index (Phi) is 3.76. The maximum Gasteiger partial charge on any atom is 0.294 e. The van der Waals surface area contributed by atoms with Crippen LogP contribution in [0.4, 0.5) is 0 Å². The molecule has 0 bridgehead atoms. The zero-order chi connectivity index (χ0) is 8.15. The molecular weight excluding hydrogens is 134 g/mol. The first-order chi connectivity index (χ1) is 4.54. The predicted octanol–water partition coefficient (Wildman–Crippen LogP) is 1.49. The molecule has 4 heteroatoms. The summed E-state index contributed by atoms with van der Waals surface area (Å²) in [4.78, 5) is 13.9. The third kappa shape index (κ3) is 4.12. The Morgan fingerprint density at radius 2 is 2.00 bits per heavy atom. The lowest BCUT2D eigenvalue weighted by Crippen LogP contribution is -2.14. The second kappa shape index (κ2) is 4.09. The Morgan fingerprint density at radius 1 is 1.50 bits per heavy atom. The molecule has 0 saturated heterocycles. The summed E-state index contributed by atoms with van der Waals surface area (Å²) in [7, 11) is 0. The van der Waals surface area contributed by atoms with Crippen molar-refractivity contribution in [1.82, 2.24) is 0 Å². The Morgan fingerprint density at radius 3 is 2.30 bits per heavy atom. The smallest absolute Gasteiger partial charge is 0.294 e. The fourth-order valence-corrected chi connectivity index (χ4v) is 0.371. The first-order valence-corrected chi connectivity index (χ1v) is 3.31. The predicted molar refractivity (Wildman–Crippen MR) is 36.9 cm³/mol. The van der Waals surface area contributed by atoms with Crippen LogP contribution >= 0.6 is 0 Å². The van der Waals surface area contributed by atoms with Gasteiger partial charge in [0.1, 0.15) is 0 Å². The average molecular weight is 147 g/mol. The van der Waals surface area contributed by atoms with Crippen molar-refractivity contribution in [1.29, 1.82) is 0 Å². The van der Waals surface area contributed by atoms with E-state index in [1.807, 2.05) is 20.8 Å². The van der Waals surface area contributed by atoms with E-state index in [0.717, 1.165) is 0 Å². The molecule has 0 radical (unpaired) electrons. The molecule has 0 rings (SSSR count). The lowest BCUT2D eigenvalue weighted by molar-refractivity contribution is -0.759. The van der Waals surface area contributed by atoms with Crippen molar-refractivity contribution in [3.63, 3.8) is 0 Å². The molecule has 0 aliphatic rings. The highest BCUT2D eigenvalue weighted by atomic mass is 16.9. The number of hydrogen-bond donors (Lipinski definition) is 0. The van der Waals surface area contributed by atoms with Gasteiger partial charge in [-0.05, 0) is 11.8 Å². The Balaban J connectivity index is 3.39. The second-order valence-corrected chi connectivity index (χ2v) is 2.74. The molecule has 60 valence electrons. The lowest BCUT2D eigenvalue weighted by Gasteiger charge is -2.12. The molecule has 0 aliphatic carbocycles. The first-order valence-electron chi connectivity index (χ1n) is 3.31. The van der Waals surface area contributed by atoms with E-state index in [1.165, 1.54) is 0 Å². The van der Waals surface area contributed by atoms with Crippen LogP contribution in [-0.2, 0) is 4.84 Å². The summed E-state index contributed by atoms with van der Waals surface area (Å²) in [6.45, 7) is 6.14. The van der Waals surface area contributed by atoms with Crippen LogP contribution in [0.3, 0.4) is 0 Å². The minimum Gasteiger partial charge on any atom is -0.314 e. The summed E-state index contributed by atoms with van der Waals surface area (Å²) in [5.74, 6) is 0.672. The summed E-state index contributed by atoms with van der Waals surface area (Å²) < 4.78 is 0. The van der Waals surface area contributed by atoms with Crippen molar-refractivity contribution in [2.24, 2.45) is 11.8 Å². The van der Waals surface area contributed by atoms with Crippen molar-refractivity contribution < 1.29 is 9.92 Å². The van der Waals surface area contributed by atoms with Gasteiger partial charge in [0.25, 0.3) is 5.09 Å². The Hall–Kier alpha value is -0.800. The van der Waals surface area contributed by atoms with Crippen molar-refractivity contribution >= 4 is 0 Å². The quantitative estimate of drug-likeness (QED) is 0.447. The minimum absolute atomic E-state index is 0.199. The van der Waals surface area contributed by atoms with E-state index in [0.29, 0.717) is 5.92 Å². The molecule has 0 amide bonds. The molecular formula is C6H13NO3. The third-order valence-electron chi connectivity index (χ3n) is 1.58. The van der Waals surface area contributed by atoms with Crippen LogP contribution in [0, 0.1) is 22.0 Å². The zero-order valence-corrected chi connectivity index (χ0v) is 6.53. The fraction of sp³-hybridized carbons (Fsp3) is 1.00. The highest BCUT2D eigenvalue weighted by Gasteiger charge is 2.08. The maximum absolute atomic E-state index is 9.71. The SMILES string of the molecule is CC(C)C(C)CO[N+](=O)[O-]. The van der Waals surface area contributed by atoms with Gasteiger partial charge < -0.3 is 4.84 Å². The van der Waals surface area contributed by atoms with E-state index in [-0.39, 0.29) is 12.5 Å². The normalized spacial score (nSPS) is 13.2. The van der Waals surface area contributed by atoms with Crippen LogP contribution in [0.15, 0.2) is 0 Å². The minimum atomic E-state index is -0.751. The van der Waals surface area contributed by atoms with Gasteiger partial charge in [0.15, 0.2) is 0 Å². The van der Waals surface area contributed by atoms with E-state index in [4.69, 9.17) is 0 Å². The molecule has 0 spiro atoms. The molecule has 0 aromatic rings.